The Morgan fingerprint density at radius 3 is 2.68 bits per heavy atom. The number of nitrogens with one attached hydrogen (secondary N) is 3. The van der Waals surface area contributed by atoms with Crippen molar-refractivity contribution >= 4 is 33.7 Å². The number of rotatable bonds is 3. The molecule has 5 heterocycles. The van der Waals surface area contributed by atoms with E-state index in [9.17, 15) is 4.79 Å². The van der Waals surface area contributed by atoms with Crippen LogP contribution < -0.4 is 5.32 Å². The fourth-order valence-corrected chi connectivity index (χ4v) is 3.34. The zero-order valence-corrected chi connectivity index (χ0v) is 17.4. The van der Waals surface area contributed by atoms with Crippen molar-refractivity contribution in [3.8, 4) is 22.5 Å². The van der Waals surface area contributed by atoms with E-state index in [-0.39, 0.29) is 5.91 Å². The first kappa shape index (κ1) is 18.9. The van der Waals surface area contributed by atoms with Crippen LogP contribution in [0.15, 0.2) is 55.1 Å². The number of aromatic amines is 2. The Balaban J connectivity index is 1.54. The lowest BCUT2D eigenvalue weighted by atomic mass is 9.95. The number of hydrogen-bond acceptors (Lipinski definition) is 5. The first-order chi connectivity index (χ1) is 14.9. The zero-order chi connectivity index (χ0) is 21.6. The molecule has 0 atom stereocenters. The standard InChI is InChI=1S/C23H21N7O/c1-23(2,3)22(31)27-16-7-14(10-24-12-16)15-8-17-19(29-30-21(17)26-11-15)18-9-13-5-4-6-25-20(13)28-18/h4-12H,1-3H3,(H,25,28)(H,27,31)(H,26,29,30). The molecule has 8 nitrogen and oxygen atoms in total. The molecule has 8 heteroatoms. The lowest BCUT2D eigenvalue weighted by Gasteiger charge is -2.17. The molecule has 0 aliphatic rings. The van der Waals surface area contributed by atoms with E-state index in [2.05, 4.69) is 35.5 Å². The molecule has 0 saturated carbocycles. The Bertz CT molecular complexity index is 1390. The van der Waals surface area contributed by atoms with E-state index >= 15 is 0 Å². The monoisotopic (exact) mass is 411 g/mol. The third kappa shape index (κ3) is 3.52. The van der Waals surface area contributed by atoms with Gasteiger partial charge in [0.25, 0.3) is 0 Å². The van der Waals surface area contributed by atoms with E-state index in [0.29, 0.717) is 11.3 Å². The molecule has 31 heavy (non-hydrogen) atoms. The van der Waals surface area contributed by atoms with E-state index in [0.717, 1.165) is 38.9 Å². The second-order valence-electron chi connectivity index (χ2n) is 8.48. The van der Waals surface area contributed by atoms with Gasteiger partial charge in [-0.3, -0.25) is 14.9 Å². The van der Waals surface area contributed by atoms with Crippen LogP contribution in [0.25, 0.3) is 44.6 Å². The molecule has 0 aliphatic heterocycles. The van der Waals surface area contributed by atoms with Gasteiger partial charge in [-0.15, -0.1) is 0 Å². The molecule has 0 bridgehead atoms. The van der Waals surface area contributed by atoms with E-state index < -0.39 is 5.41 Å². The lowest BCUT2D eigenvalue weighted by Crippen LogP contribution is -2.27. The molecule has 0 aliphatic carbocycles. The van der Waals surface area contributed by atoms with Gasteiger partial charge in [-0.1, -0.05) is 20.8 Å². The van der Waals surface area contributed by atoms with E-state index in [1.165, 1.54) is 0 Å². The summed E-state index contributed by atoms with van der Waals surface area (Å²) in [5.74, 6) is -0.0652. The Labute approximate surface area is 178 Å². The van der Waals surface area contributed by atoms with Crippen LogP contribution in [0, 0.1) is 5.41 Å². The highest BCUT2D eigenvalue weighted by atomic mass is 16.2. The predicted octanol–water partition coefficient (Wildman–Crippen LogP) is 4.55. The van der Waals surface area contributed by atoms with Crippen molar-refractivity contribution < 1.29 is 4.79 Å². The topological polar surface area (TPSA) is 112 Å². The molecule has 1 amide bonds. The number of anilines is 1. The Morgan fingerprint density at radius 2 is 1.87 bits per heavy atom. The number of carbonyl (C=O) groups excluding carboxylic acids is 1. The van der Waals surface area contributed by atoms with Crippen molar-refractivity contribution in [3.63, 3.8) is 0 Å². The molecule has 154 valence electrons. The van der Waals surface area contributed by atoms with Crippen LogP contribution in [-0.2, 0) is 4.79 Å². The molecule has 3 N–H and O–H groups in total. The van der Waals surface area contributed by atoms with Crippen LogP contribution in [0.5, 0.6) is 0 Å². The minimum Gasteiger partial charge on any atom is -0.338 e. The molecule has 0 aromatic carbocycles. The maximum absolute atomic E-state index is 12.3. The number of H-pyrrole nitrogens is 2. The third-order valence-electron chi connectivity index (χ3n) is 5.08. The average Bonchev–Trinajstić information content (AvgIpc) is 3.36. The van der Waals surface area contributed by atoms with Gasteiger partial charge in [0.05, 0.1) is 23.3 Å². The van der Waals surface area contributed by atoms with Crippen LogP contribution >= 0.6 is 0 Å². The summed E-state index contributed by atoms with van der Waals surface area (Å²) in [6.07, 6.45) is 6.90. The molecule has 0 unspecified atom stereocenters. The molecule has 0 spiro atoms. The number of amides is 1. The summed E-state index contributed by atoms with van der Waals surface area (Å²) in [6, 6.07) is 9.86. The largest absolute Gasteiger partial charge is 0.338 e. The smallest absolute Gasteiger partial charge is 0.229 e. The summed E-state index contributed by atoms with van der Waals surface area (Å²) in [4.78, 5) is 28.8. The molecule has 0 saturated heterocycles. The fraction of sp³-hybridized carbons (Fsp3) is 0.174. The minimum atomic E-state index is -0.489. The minimum absolute atomic E-state index is 0.0652. The van der Waals surface area contributed by atoms with Gasteiger partial charge in [0.1, 0.15) is 5.65 Å². The van der Waals surface area contributed by atoms with Crippen LogP contribution in [0.4, 0.5) is 5.69 Å². The first-order valence-corrected chi connectivity index (χ1v) is 9.93. The van der Waals surface area contributed by atoms with Gasteiger partial charge in [0.15, 0.2) is 5.65 Å². The van der Waals surface area contributed by atoms with Crippen LogP contribution in [-0.4, -0.2) is 36.0 Å². The molecule has 5 aromatic heterocycles. The van der Waals surface area contributed by atoms with Gasteiger partial charge in [-0.2, -0.15) is 5.10 Å². The van der Waals surface area contributed by atoms with Gasteiger partial charge in [0, 0.05) is 45.9 Å². The molecule has 0 radical (unpaired) electrons. The maximum Gasteiger partial charge on any atom is 0.229 e. The first-order valence-electron chi connectivity index (χ1n) is 9.93. The summed E-state index contributed by atoms with van der Waals surface area (Å²) in [6.45, 7) is 5.62. The molecule has 5 rings (SSSR count). The Hall–Kier alpha value is -4.07. The van der Waals surface area contributed by atoms with Crippen molar-refractivity contribution in [3.05, 3.63) is 55.1 Å². The van der Waals surface area contributed by atoms with E-state index in [1.807, 2.05) is 51.1 Å². The van der Waals surface area contributed by atoms with Crippen molar-refractivity contribution in [2.75, 3.05) is 5.32 Å². The maximum atomic E-state index is 12.3. The zero-order valence-electron chi connectivity index (χ0n) is 17.4. The second-order valence-corrected chi connectivity index (χ2v) is 8.48. The number of hydrogen-bond donors (Lipinski definition) is 3. The third-order valence-corrected chi connectivity index (χ3v) is 5.08. The van der Waals surface area contributed by atoms with Gasteiger partial charge in [-0.25, -0.2) is 9.97 Å². The normalized spacial score (nSPS) is 11.8. The Morgan fingerprint density at radius 1 is 1.03 bits per heavy atom. The summed E-state index contributed by atoms with van der Waals surface area (Å²) < 4.78 is 0. The van der Waals surface area contributed by atoms with Crippen molar-refractivity contribution in [2.24, 2.45) is 5.41 Å². The van der Waals surface area contributed by atoms with Gasteiger partial charge >= 0.3 is 0 Å². The number of fused-ring (bicyclic) bond motifs is 2. The fourth-order valence-electron chi connectivity index (χ4n) is 3.34. The van der Waals surface area contributed by atoms with Crippen LogP contribution in [0.3, 0.4) is 0 Å². The summed E-state index contributed by atoms with van der Waals surface area (Å²) in [5.41, 5.74) is 5.05. The van der Waals surface area contributed by atoms with E-state index in [1.54, 1.807) is 24.8 Å². The summed E-state index contributed by atoms with van der Waals surface area (Å²) in [7, 11) is 0. The van der Waals surface area contributed by atoms with Gasteiger partial charge < -0.3 is 10.3 Å². The highest BCUT2D eigenvalue weighted by Crippen LogP contribution is 2.31. The average molecular weight is 411 g/mol. The van der Waals surface area contributed by atoms with Gasteiger partial charge in [-0.05, 0) is 30.3 Å². The molecular weight excluding hydrogens is 390 g/mol. The second kappa shape index (κ2) is 7.02. The number of pyridine rings is 3. The SMILES string of the molecule is CC(C)(C)C(=O)Nc1cncc(-c2cnc3n[nH]c(-c4cc5cccnc5[nH]4)c3c2)c1. The van der Waals surface area contributed by atoms with Crippen molar-refractivity contribution in [2.45, 2.75) is 20.8 Å². The van der Waals surface area contributed by atoms with Crippen molar-refractivity contribution in [1.29, 1.82) is 0 Å². The number of carbonyl (C=O) groups is 1. The lowest BCUT2D eigenvalue weighted by molar-refractivity contribution is -0.123. The summed E-state index contributed by atoms with van der Waals surface area (Å²) >= 11 is 0. The summed E-state index contributed by atoms with van der Waals surface area (Å²) in [5, 5.41) is 12.2. The molecular formula is C23H21N7O. The Kier molecular flexibility index (Phi) is 4.28. The number of aromatic nitrogens is 6. The predicted molar refractivity (Wildman–Crippen MR) is 120 cm³/mol. The van der Waals surface area contributed by atoms with Crippen LogP contribution in [0.1, 0.15) is 20.8 Å². The van der Waals surface area contributed by atoms with E-state index in [4.69, 9.17) is 0 Å². The quantitative estimate of drug-likeness (QED) is 0.403. The van der Waals surface area contributed by atoms with Crippen LogP contribution in [0.2, 0.25) is 0 Å². The highest BCUT2D eigenvalue weighted by molar-refractivity contribution is 5.96. The number of nitrogens with zero attached hydrogens (tertiary/aromatic N) is 4. The van der Waals surface area contributed by atoms with Gasteiger partial charge in [0.2, 0.25) is 5.91 Å². The van der Waals surface area contributed by atoms with Crippen molar-refractivity contribution in [1.82, 2.24) is 30.1 Å². The molecule has 0 fully saturated rings. The highest BCUT2D eigenvalue weighted by Gasteiger charge is 2.21. The molecule has 5 aromatic rings.